The van der Waals surface area contributed by atoms with E-state index in [0.29, 0.717) is 0 Å². The molecule has 10 aromatic carbocycles. The molecule has 12 rings (SSSR count). The van der Waals surface area contributed by atoms with E-state index in [1.54, 1.807) is 0 Å². The molecule has 0 bridgehead atoms. The van der Waals surface area contributed by atoms with E-state index in [9.17, 15) is 0 Å². The predicted molar refractivity (Wildman–Crippen MR) is 206 cm³/mol. The van der Waals surface area contributed by atoms with Gasteiger partial charge in [-0.05, 0) is 145 Å². The smallest absolute Gasteiger partial charge is 0.00199 e. The lowest BCUT2D eigenvalue weighted by Crippen LogP contribution is -1.90. The number of hydrogen-bond acceptors (Lipinski definition) is 0. The highest BCUT2D eigenvalue weighted by atomic mass is 14.3. The van der Waals surface area contributed by atoms with Gasteiger partial charge in [-0.25, -0.2) is 0 Å². The van der Waals surface area contributed by atoms with Crippen LogP contribution in [0.15, 0.2) is 158 Å². The van der Waals surface area contributed by atoms with Crippen LogP contribution in [-0.2, 0) is 0 Å². The minimum absolute atomic E-state index is 1.29. The van der Waals surface area contributed by atoms with Crippen LogP contribution in [0.4, 0.5) is 0 Å². The Labute approximate surface area is 277 Å². The summed E-state index contributed by atoms with van der Waals surface area (Å²) in [6.45, 7) is 0. The molecule has 0 saturated carbocycles. The third kappa shape index (κ3) is 2.97. The lowest BCUT2D eigenvalue weighted by Gasteiger charge is -2.18. The van der Waals surface area contributed by atoms with Crippen LogP contribution in [0.1, 0.15) is 0 Å². The summed E-state index contributed by atoms with van der Waals surface area (Å²) in [6.07, 6.45) is 0. The normalized spacial score (nSPS) is 12.6. The summed E-state index contributed by atoms with van der Waals surface area (Å²) in [5, 5.41) is 15.9. The number of rotatable bonds is 1. The maximum atomic E-state index is 2.49. The van der Waals surface area contributed by atoms with Gasteiger partial charge in [-0.1, -0.05) is 133 Å². The Morgan fingerprint density at radius 2 is 0.458 bits per heavy atom. The summed E-state index contributed by atoms with van der Waals surface area (Å²) in [5.74, 6) is 0. The molecule has 0 saturated heterocycles. The van der Waals surface area contributed by atoms with Crippen molar-refractivity contribution in [3.8, 4) is 55.6 Å². The maximum Gasteiger partial charge on any atom is -0.00199 e. The van der Waals surface area contributed by atoms with E-state index in [4.69, 9.17) is 0 Å². The third-order valence-electron chi connectivity index (χ3n) is 11.3. The molecule has 218 valence electrons. The second kappa shape index (κ2) is 8.76. The van der Waals surface area contributed by atoms with E-state index in [-0.39, 0.29) is 0 Å². The summed E-state index contributed by atoms with van der Waals surface area (Å²) in [7, 11) is 0. The molecule has 0 N–H and O–H groups in total. The van der Waals surface area contributed by atoms with Crippen molar-refractivity contribution >= 4 is 64.6 Å². The Morgan fingerprint density at radius 1 is 0.167 bits per heavy atom. The lowest BCUT2D eigenvalue weighted by molar-refractivity contribution is 1.70. The zero-order chi connectivity index (χ0) is 31.1. The van der Waals surface area contributed by atoms with Gasteiger partial charge in [0.1, 0.15) is 0 Å². The van der Waals surface area contributed by atoms with Gasteiger partial charge in [0.05, 0.1) is 0 Å². The van der Waals surface area contributed by atoms with E-state index in [2.05, 4.69) is 158 Å². The highest BCUT2D eigenvalue weighted by molar-refractivity contribution is 6.32. The van der Waals surface area contributed by atoms with Gasteiger partial charge in [-0.3, -0.25) is 0 Å². The molecule has 0 heterocycles. The minimum atomic E-state index is 1.29. The molecule has 0 spiro atoms. The van der Waals surface area contributed by atoms with Crippen LogP contribution in [-0.4, -0.2) is 0 Å². The van der Waals surface area contributed by atoms with Crippen LogP contribution in [0.3, 0.4) is 0 Å². The zero-order valence-electron chi connectivity index (χ0n) is 26.0. The van der Waals surface area contributed by atoms with Gasteiger partial charge in [-0.2, -0.15) is 0 Å². The topological polar surface area (TPSA) is 0 Å². The molecule has 0 aromatic heterocycles. The molecule has 0 amide bonds. The van der Waals surface area contributed by atoms with E-state index >= 15 is 0 Å². The number of benzene rings is 10. The molecule has 2 aliphatic rings. The second-order valence-electron chi connectivity index (χ2n) is 13.5. The molecule has 2 aliphatic carbocycles. The first-order valence-corrected chi connectivity index (χ1v) is 16.9. The van der Waals surface area contributed by atoms with Crippen molar-refractivity contribution < 1.29 is 0 Å². The fraction of sp³-hybridized carbons (Fsp3) is 0. The average molecular weight is 603 g/mol. The first kappa shape index (κ1) is 24.9. The Bertz CT molecular complexity index is 2890. The van der Waals surface area contributed by atoms with Crippen molar-refractivity contribution in [1.29, 1.82) is 0 Å². The summed E-state index contributed by atoms with van der Waals surface area (Å²) in [6, 6.07) is 59.5. The summed E-state index contributed by atoms with van der Waals surface area (Å²) in [5.41, 5.74) is 13.3. The van der Waals surface area contributed by atoms with Gasteiger partial charge in [0.15, 0.2) is 0 Å². The first-order valence-electron chi connectivity index (χ1n) is 16.9. The van der Waals surface area contributed by atoms with Crippen LogP contribution in [0.25, 0.3) is 120 Å². The third-order valence-corrected chi connectivity index (χ3v) is 11.3. The molecule has 10 aromatic rings. The predicted octanol–water partition coefficient (Wildman–Crippen LogP) is 13.6. The minimum Gasteiger partial charge on any atom is -0.0616 e. The standard InChI is InChI=1S/C48H26/c1-7-17-33-27(11-1)35-19-9-21-37-43-23-39(29-13-3-5-15-31(29)41(43)25-45(33)47(35)37)40-24-44-38-22-10-20-36-28-12-2-8-18-34(28)46(48(36)38)26-42(44)32-16-6-4-14-30(32)40/h1-26H. The molecule has 0 aliphatic heterocycles. The van der Waals surface area contributed by atoms with E-state index in [1.165, 1.54) is 120 Å². The van der Waals surface area contributed by atoms with Gasteiger partial charge in [0, 0.05) is 0 Å². The highest BCUT2D eigenvalue weighted by Gasteiger charge is 2.26. The molecule has 0 unspecified atom stereocenters. The molecular formula is C48H26. The summed E-state index contributed by atoms with van der Waals surface area (Å²) >= 11 is 0. The second-order valence-corrected chi connectivity index (χ2v) is 13.5. The Morgan fingerprint density at radius 3 is 0.896 bits per heavy atom. The van der Waals surface area contributed by atoms with Crippen molar-refractivity contribution in [2.75, 3.05) is 0 Å². The van der Waals surface area contributed by atoms with Crippen LogP contribution in [0.5, 0.6) is 0 Å². The van der Waals surface area contributed by atoms with Gasteiger partial charge in [0.2, 0.25) is 0 Å². The van der Waals surface area contributed by atoms with Crippen LogP contribution >= 0.6 is 0 Å². The van der Waals surface area contributed by atoms with E-state index in [0.717, 1.165) is 0 Å². The van der Waals surface area contributed by atoms with Crippen molar-refractivity contribution in [2.45, 2.75) is 0 Å². The van der Waals surface area contributed by atoms with Crippen LogP contribution in [0, 0.1) is 0 Å². The fourth-order valence-corrected chi connectivity index (χ4v) is 9.34. The monoisotopic (exact) mass is 602 g/mol. The van der Waals surface area contributed by atoms with Gasteiger partial charge < -0.3 is 0 Å². The van der Waals surface area contributed by atoms with Crippen molar-refractivity contribution in [2.24, 2.45) is 0 Å². The molecular weight excluding hydrogens is 577 g/mol. The average Bonchev–Trinajstić information content (AvgIpc) is 3.65. The molecule has 48 heavy (non-hydrogen) atoms. The van der Waals surface area contributed by atoms with E-state index in [1.807, 2.05) is 0 Å². The largest absolute Gasteiger partial charge is 0.0616 e. The Balaban J connectivity index is 1.25. The molecule has 0 nitrogen and oxygen atoms in total. The van der Waals surface area contributed by atoms with Gasteiger partial charge in [-0.15, -0.1) is 0 Å². The lowest BCUT2D eigenvalue weighted by atomic mass is 9.85. The molecule has 0 fully saturated rings. The SMILES string of the molecule is c1ccc2c(c1)-c1cccc3c1c-2cc1c2ccccc2c(-c2cc4c5cccc6c5c(cc4c4ccccc24)-c2ccccc2-6)cc31. The van der Waals surface area contributed by atoms with Crippen LogP contribution in [0.2, 0.25) is 0 Å². The highest BCUT2D eigenvalue weighted by Crippen LogP contribution is 2.53. The number of fused-ring (bicyclic) bond motifs is 14. The van der Waals surface area contributed by atoms with Gasteiger partial charge >= 0.3 is 0 Å². The fourth-order valence-electron chi connectivity index (χ4n) is 9.34. The van der Waals surface area contributed by atoms with Crippen molar-refractivity contribution in [1.82, 2.24) is 0 Å². The number of hydrogen-bond donors (Lipinski definition) is 0. The first-order chi connectivity index (χ1) is 23.8. The summed E-state index contributed by atoms with van der Waals surface area (Å²) in [4.78, 5) is 0. The molecule has 0 heteroatoms. The maximum absolute atomic E-state index is 2.49. The molecule has 0 atom stereocenters. The summed E-state index contributed by atoms with van der Waals surface area (Å²) < 4.78 is 0. The Hall–Kier alpha value is -6.24. The molecule has 0 radical (unpaired) electrons. The quantitative estimate of drug-likeness (QED) is 0.164. The van der Waals surface area contributed by atoms with E-state index < -0.39 is 0 Å². The van der Waals surface area contributed by atoms with Crippen molar-refractivity contribution in [3.63, 3.8) is 0 Å². The Kier molecular flexibility index (Phi) is 4.55. The van der Waals surface area contributed by atoms with Crippen LogP contribution < -0.4 is 0 Å². The zero-order valence-corrected chi connectivity index (χ0v) is 26.0. The van der Waals surface area contributed by atoms with Crippen molar-refractivity contribution in [3.05, 3.63) is 158 Å². The van der Waals surface area contributed by atoms with Gasteiger partial charge in [0.25, 0.3) is 0 Å².